The zero-order valence-corrected chi connectivity index (χ0v) is 6.72. The third kappa shape index (κ3) is 0.784. The van der Waals surface area contributed by atoms with E-state index in [1.165, 1.54) is 0 Å². The second-order valence-corrected chi connectivity index (χ2v) is 3.98. The van der Waals surface area contributed by atoms with Crippen molar-refractivity contribution in [2.24, 2.45) is 11.3 Å². The minimum absolute atomic E-state index is 0.126. The van der Waals surface area contributed by atoms with Crippen molar-refractivity contribution in [3.63, 3.8) is 0 Å². The molecule has 2 bridgehead atoms. The Balaban J connectivity index is 2.36. The Hall–Kier alpha value is -0.660. The lowest BCUT2D eigenvalue weighted by Gasteiger charge is -2.25. The van der Waals surface area contributed by atoms with Gasteiger partial charge in [-0.05, 0) is 19.3 Å². The molecule has 0 unspecified atom stereocenters. The summed E-state index contributed by atoms with van der Waals surface area (Å²) in [4.78, 5) is 22.7. The van der Waals surface area contributed by atoms with Crippen molar-refractivity contribution in [1.82, 2.24) is 0 Å². The average molecular weight is 152 g/mol. The molecule has 2 aliphatic carbocycles. The summed E-state index contributed by atoms with van der Waals surface area (Å²) in [6.07, 6.45) is 3.17. The van der Waals surface area contributed by atoms with Gasteiger partial charge >= 0.3 is 0 Å². The molecule has 11 heavy (non-hydrogen) atoms. The molecule has 0 spiro atoms. The molecule has 0 saturated heterocycles. The van der Waals surface area contributed by atoms with Crippen LogP contribution in [0, 0.1) is 11.3 Å². The standard InChI is InChI=1S/C9H12O2/c1-9-4-2-6(8(9)11)7(10)3-5-9/h6H,2-5H2,1H3/t6-,9+/m1/s1. The first-order valence-corrected chi connectivity index (χ1v) is 4.20. The van der Waals surface area contributed by atoms with E-state index in [0.29, 0.717) is 6.42 Å². The lowest BCUT2D eigenvalue weighted by molar-refractivity contribution is -0.139. The Morgan fingerprint density at radius 3 is 2.73 bits per heavy atom. The maximum absolute atomic E-state index is 11.5. The number of Topliss-reactive ketones (excluding diaryl/α,β-unsaturated/α-hetero) is 2. The van der Waals surface area contributed by atoms with Crippen LogP contribution in [0.3, 0.4) is 0 Å². The van der Waals surface area contributed by atoms with Gasteiger partial charge in [-0.2, -0.15) is 0 Å². The van der Waals surface area contributed by atoms with Crippen molar-refractivity contribution in [3.8, 4) is 0 Å². The number of hydrogen-bond donors (Lipinski definition) is 0. The second kappa shape index (κ2) is 1.93. The molecule has 0 aromatic heterocycles. The second-order valence-electron chi connectivity index (χ2n) is 3.98. The maximum atomic E-state index is 11.5. The van der Waals surface area contributed by atoms with Gasteiger partial charge in [-0.15, -0.1) is 0 Å². The van der Waals surface area contributed by atoms with E-state index >= 15 is 0 Å². The third-order valence-corrected chi connectivity index (χ3v) is 3.21. The van der Waals surface area contributed by atoms with E-state index < -0.39 is 0 Å². The summed E-state index contributed by atoms with van der Waals surface area (Å²) in [6, 6.07) is 0. The van der Waals surface area contributed by atoms with Gasteiger partial charge in [0.05, 0.1) is 5.92 Å². The van der Waals surface area contributed by atoms with Crippen molar-refractivity contribution in [2.45, 2.75) is 32.6 Å². The molecular formula is C9H12O2. The van der Waals surface area contributed by atoms with Crippen LogP contribution in [0.2, 0.25) is 0 Å². The van der Waals surface area contributed by atoms with E-state index in [0.717, 1.165) is 19.3 Å². The summed E-state index contributed by atoms with van der Waals surface area (Å²) in [7, 11) is 0. The van der Waals surface area contributed by atoms with E-state index in [4.69, 9.17) is 0 Å². The van der Waals surface area contributed by atoms with Gasteiger partial charge in [-0.1, -0.05) is 6.92 Å². The highest BCUT2D eigenvalue weighted by Gasteiger charge is 2.50. The van der Waals surface area contributed by atoms with Gasteiger partial charge in [0.15, 0.2) is 0 Å². The zero-order chi connectivity index (χ0) is 8.06. The number of carbonyl (C=O) groups is 2. The van der Waals surface area contributed by atoms with Gasteiger partial charge in [0.2, 0.25) is 0 Å². The Bertz CT molecular complexity index is 232. The van der Waals surface area contributed by atoms with Crippen molar-refractivity contribution in [1.29, 1.82) is 0 Å². The van der Waals surface area contributed by atoms with Crippen LogP contribution in [-0.4, -0.2) is 11.6 Å². The van der Waals surface area contributed by atoms with Crippen molar-refractivity contribution in [2.75, 3.05) is 0 Å². The fourth-order valence-corrected chi connectivity index (χ4v) is 2.27. The van der Waals surface area contributed by atoms with Crippen LogP contribution in [0.1, 0.15) is 32.6 Å². The van der Waals surface area contributed by atoms with Crippen LogP contribution in [0.15, 0.2) is 0 Å². The monoisotopic (exact) mass is 152 g/mol. The van der Waals surface area contributed by atoms with Crippen LogP contribution in [0.5, 0.6) is 0 Å². The fraction of sp³-hybridized carbons (Fsp3) is 0.778. The minimum Gasteiger partial charge on any atom is -0.299 e. The molecule has 2 aliphatic rings. The summed E-state index contributed by atoms with van der Waals surface area (Å²) in [6.45, 7) is 2.00. The first-order valence-electron chi connectivity index (χ1n) is 4.20. The van der Waals surface area contributed by atoms with E-state index in [9.17, 15) is 9.59 Å². The van der Waals surface area contributed by atoms with Crippen LogP contribution in [-0.2, 0) is 9.59 Å². The van der Waals surface area contributed by atoms with Crippen molar-refractivity contribution in [3.05, 3.63) is 0 Å². The molecule has 0 amide bonds. The third-order valence-electron chi connectivity index (χ3n) is 3.21. The molecule has 2 saturated carbocycles. The Kier molecular flexibility index (Phi) is 1.23. The van der Waals surface area contributed by atoms with Crippen LogP contribution < -0.4 is 0 Å². The fourth-order valence-electron chi connectivity index (χ4n) is 2.27. The molecule has 2 heteroatoms. The molecule has 2 nitrogen and oxygen atoms in total. The van der Waals surface area contributed by atoms with Crippen molar-refractivity contribution >= 4 is 11.6 Å². The van der Waals surface area contributed by atoms with Gasteiger partial charge in [0.25, 0.3) is 0 Å². The quantitative estimate of drug-likeness (QED) is 0.491. The SMILES string of the molecule is C[C@@]12CCC(=O)[C@@H](CC1)C2=O. The zero-order valence-electron chi connectivity index (χ0n) is 6.72. The largest absolute Gasteiger partial charge is 0.299 e. The first-order chi connectivity index (χ1) is 5.13. The lowest BCUT2D eigenvalue weighted by Crippen LogP contribution is -2.34. The Morgan fingerprint density at radius 1 is 1.36 bits per heavy atom. The molecule has 2 rings (SSSR count). The number of ketones is 2. The topological polar surface area (TPSA) is 34.1 Å². The number of carbonyl (C=O) groups excluding carboxylic acids is 2. The van der Waals surface area contributed by atoms with E-state index in [2.05, 4.69) is 0 Å². The minimum atomic E-state index is -0.214. The maximum Gasteiger partial charge on any atom is 0.149 e. The van der Waals surface area contributed by atoms with Crippen LogP contribution in [0.4, 0.5) is 0 Å². The van der Waals surface area contributed by atoms with Gasteiger partial charge in [0, 0.05) is 11.8 Å². The highest BCUT2D eigenvalue weighted by Crippen LogP contribution is 2.46. The van der Waals surface area contributed by atoms with Gasteiger partial charge < -0.3 is 0 Å². The lowest BCUT2D eigenvalue weighted by atomic mass is 9.76. The molecule has 60 valence electrons. The highest BCUT2D eigenvalue weighted by atomic mass is 16.2. The van der Waals surface area contributed by atoms with Crippen LogP contribution >= 0.6 is 0 Å². The normalized spacial score (nSPS) is 43.2. The summed E-state index contributed by atoms with van der Waals surface area (Å²) >= 11 is 0. The summed E-state index contributed by atoms with van der Waals surface area (Å²) < 4.78 is 0. The molecule has 0 radical (unpaired) electrons. The molecular weight excluding hydrogens is 140 g/mol. The molecule has 0 heterocycles. The molecule has 2 atom stereocenters. The van der Waals surface area contributed by atoms with Crippen LogP contribution in [0.25, 0.3) is 0 Å². The van der Waals surface area contributed by atoms with Gasteiger partial charge in [-0.25, -0.2) is 0 Å². The molecule has 0 aromatic rings. The molecule has 2 fully saturated rings. The Labute approximate surface area is 66.0 Å². The highest BCUT2D eigenvalue weighted by molar-refractivity contribution is 6.08. The molecule has 0 N–H and O–H groups in total. The average Bonchev–Trinajstić information content (AvgIpc) is 2.14. The van der Waals surface area contributed by atoms with Gasteiger partial charge in [0.1, 0.15) is 11.6 Å². The Morgan fingerprint density at radius 2 is 2.09 bits per heavy atom. The summed E-state index contributed by atoms with van der Waals surface area (Å²) in [5, 5.41) is 0. The first kappa shape index (κ1) is 7.01. The number of fused-ring (bicyclic) bond motifs is 2. The predicted molar refractivity (Wildman–Crippen MR) is 40.1 cm³/mol. The van der Waals surface area contributed by atoms with E-state index in [1.807, 2.05) is 6.92 Å². The summed E-state index contributed by atoms with van der Waals surface area (Å²) in [5.74, 6) is 0.187. The molecule has 0 aromatic carbocycles. The summed E-state index contributed by atoms with van der Waals surface area (Å²) in [5.41, 5.74) is -0.126. The van der Waals surface area contributed by atoms with Gasteiger partial charge in [-0.3, -0.25) is 9.59 Å². The smallest absolute Gasteiger partial charge is 0.149 e. The number of hydrogen-bond acceptors (Lipinski definition) is 2. The van der Waals surface area contributed by atoms with E-state index in [1.54, 1.807) is 0 Å². The number of rotatable bonds is 0. The predicted octanol–water partition coefficient (Wildman–Crippen LogP) is 1.33. The van der Waals surface area contributed by atoms with E-state index in [-0.39, 0.29) is 22.9 Å². The molecule has 0 aliphatic heterocycles. The van der Waals surface area contributed by atoms with Crippen molar-refractivity contribution < 1.29 is 9.59 Å².